The molecule has 2 bridgehead atoms. The molecule has 0 aromatic heterocycles. The molecular formula is C18H22Cl2O5. The van der Waals surface area contributed by atoms with Gasteiger partial charge in [0.2, 0.25) is 0 Å². The van der Waals surface area contributed by atoms with Crippen molar-refractivity contribution in [2.24, 2.45) is 0 Å². The van der Waals surface area contributed by atoms with Gasteiger partial charge in [-0.3, -0.25) is 0 Å². The first kappa shape index (κ1) is 18.0. The van der Waals surface area contributed by atoms with Crippen LogP contribution in [0.1, 0.15) is 25.8 Å². The van der Waals surface area contributed by atoms with Gasteiger partial charge in [-0.1, -0.05) is 53.5 Å². The van der Waals surface area contributed by atoms with Gasteiger partial charge in [0.25, 0.3) is 0 Å². The van der Waals surface area contributed by atoms with Gasteiger partial charge in [0.05, 0.1) is 6.61 Å². The van der Waals surface area contributed by atoms with E-state index in [2.05, 4.69) is 0 Å². The molecule has 25 heavy (non-hydrogen) atoms. The van der Waals surface area contributed by atoms with Crippen LogP contribution in [0.5, 0.6) is 0 Å². The Morgan fingerprint density at radius 1 is 1.16 bits per heavy atom. The smallest absolute Gasteiger partial charge is 0.186 e. The molecule has 3 aliphatic rings. The van der Waals surface area contributed by atoms with Crippen molar-refractivity contribution in [2.75, 3.05) is 7.11 Å². The van der Waals surface area contributed by atoms with Crippen LogP contribution >= 0.6 is 23.2 Å². The van der Waals surface area contributed by atoms with E-state index < -0.39 is 40.3 Å². The average molecular weight is 389 g/mol. The Labute approximate surface area is 157 Å². The molecule has 0 unspecified atom stereocenters. The summed E-state index contributed by atoms with van der Waals surface area (Å²) in [6.07, 6.45) is -1.76. The maximum atomic E-state index is 6.53. The standard InChI is InChI=1S/C18H22Cl2O5/c1-16(2)24-12-13-18(19,20)10-17(12,25-16)14(15(21-3)23-13)22-9-11-7-5-4-6-8-11/h4-8,12-15H,9-10H2,1-3H3/t12-,13-,14-,15+,17-/m0/s1. The minimum Gasteiger partial charge on any atom is -0.365 e. The highest BCUT2D eigenvalue weighted by Crippen LogP contribution is 2.60. The van der Waals surface area contributed by atoms with Gasteiger partial charge in [0.15, 0.2) is 12.1 Å². The van der Waals surface area contributed by atoms with Crippen molar-refractivity contribution < 1.29 is 23.7 Å². The van der Waals surface area contributed by atoms with Gasteiger partial charge >= 0.3 is 0 Å². The second kappa shape index (κ2) is 6.06. The van der Waals surface area contributed by atoms with Crippen LogP contribution in [0, 0.1) is 0 Å². The summed E-state index contributed by atoms with van der Waals surface area (Å²) < 4.78 is 29.1. The zero-order valence-corrected chi connectivity index (χ0v) is 15.9. The summed E-state index contributed by atoms with van der Waals surface area (Å²) in [7, 11) is 1.57. The van der Waals surface area contributed by atoms with Crippen LogP contribution in [-0.4, -0.2) is 47.4 Å². The Morgan fingerprint density at radius 2 is 1.88 bits per heavy atom. The van der Waals surface area contributed by atoms with Crippen LogP contribution < -0.4 is 0 Å². The van der Waals surface area contributed by atoms with E-state index in [1.54, 1.807) is 7.11 Å². The lowest BCUT2D eigenvalue weighted by Crippen LogP contribution is -2.62. The minimum atomic E-state index is -1.12. The van der Waals surface area contributed by atoms with Crippen molar-refractivity contribution in [3.63, 3.8) is 0 Å². The van der Waals surface area contributed by atoms with Crippen LogP contribution in [0.2, 0.25) is 0 Å². The highest BCUT2D eigenvalue weighted by Gasteiger charge is 2.76. The monoisotopic (exact) mass is 388 g/mol. The Morgan fingerprint density at radius 3 is 2.56 bits per heavy atom. The van der Waals surface area contributed by atoms with Crippen LogP contribution in [0.4, 0.5) is 0 Å². The summed E-state index contributed by atoms with van der Waals surface area (Å²) >= 11 is 13.1. The van der Waals surface area contributed by atoms with Crippen LogP contribution in [0.25, 0.3) is 0 Å². The molecule has 1 saturated carbocycles. The summed E-state index contributed by atoms with van der Waals surface area (Å²) in [5.41, 5.74) is 0.234. The topological polar surface area (TPSA) is 46.2 Å². The molecule has 2 heterocycles. The number of halogens is 2. The lowest BCUT2D eigenvalue weighted by Gasteiger charge is -2.43. The van der Waals surface area contributed by atoms with Crippen molar-refractivity contribution in [1.29, 1.82) is 0 Å². The van der Waals surface area contributed by atoms with Crippen molar-refractivity contribution in [3.05, 3.63) is 35.9 Å². The van der Waals surface area contributed by atoms with E-state index in [0.717, 1.165) is 5.56 Å². The molecule has 0 radical (unpaired) electrons. The number of methoxy groups -OCH3 is 1. The number of alkyl halides is 2. The van der Waals surface area contributed by atoms with Crippen molar-refractivity contribution in [1.82, 2.24) is 0 Å². The third kappa shape index (κ3) is 2.90. The average Bonchev–Trinajstić information content (AvgIpc) is 2.88. The van der Waals surface area contributed by atoms with Gasteiger partial charge in [-0.2, -0.15) is 0 Å². The SMILES string of the molecule is CO[C@@H]1O[C@H]2[C@@H]3OC(C)(C)O[C@]3(CC2(Cl)Cl)[C@H]1OCc1ccccc1. The second-order valence-electron chi connectivity index (χ2n) is 7.31. The van der Waals surface area contributed by atoms with E-state index >= 15 is 0 Å². The van der Waals surface area contributed by atoms with Crippen LogP contribution in [0.3, 0.4) is 0 Å². The summed E-state index contributed by atoms with van der Waals surface area (Å²) in [6.45, 7) is 4.14. The fourth-order valence-electron chi connectivity index (χ4n) is 4.19. The Kier molecular flexibility index (Phi) is 4.36. The predicted molar refractivity (Wildman–Crippen MR) is 92.5 cm³/mol. The predicted octanol–water partition coefficient (Wildman–Crippen LogP) is 3.41. The summed E-state index contributed by atoms with van der Waals surface area (Å²) in [4.78, 5) is 0. The molecule has 1 aromatic rings. The highest BCUT2D eigenvalue weighted by molar-refractivity contribution is 6.49. The highest BCUT2D eigenvalue weighted by atomic mass is 35.5. The van der Waals surface area contributed by atoms with Gasteiger partial charge in [-0.15, -0.1) is 0 Å². The minimum absolute atomic E-state index is 0.348. The van der Waals surface area contributed by atoms with Crippen LogP contribution in [-0.2, 0) is 30.3 Å². The van der Waals surface area contributed by atoms with E-state index in [9.17, 15) is 0 Å². The Bertz CT molecular complexity index is 638. The Hall–Kier alpha value is -0.400. The number of benzene rings is 1. The van der Waals surface area contributed by atoms with E-state index in [0.29, 0.717) is 13.0 Å². The van der Waals surface area contributed by atoms with E-state index in [1.807, 2.05) is 44.2 Å². The van der Waals surface area contributed by atoms with Gasteiger partial charge < -0.3 is 23.7 Å². The summed E-state index contributed by atoms with van der Waals surface area (Å²) in [6, 6.07) is 9.91. The normalized spacial score (nSPS) is 40.8. The zero-order valence-electron chi connectivity index (χ0n) is 14.4. The number of ether oxygens (including phenoxy) is 5. The first-order valence-corrected chi connectivity index (χ1v) is 9.13. The quantitative estimate of drug-likeness (QED) is 0.739. The molecule has 0 spiro atoms. The fraction of sp³-hybridized carbons (Fsp3) is 0.667. The van der Waals surface area contributed by atoms with E-state index in [-0.39, 0.29) is 0 Å². The molecule has 3 fully saturated rings. The Balaban J connectivity index is 1.66. The zero-order chi connectivity index (χ0) is 17.9. The van der Waals surface area contributed by atoms with Gasteiger partial charge in [-0.25, -0.2) is 0 Å². The third-order valence-electron chi connectivity index (χ3n) is 5.05. The molecule has 1 aromatic carbocycles. The van der Waals surface area contributed by atoms with Gasteiger partial charge in [-0.05, 0) is 19.4 Å². The first-order chi connectivity index (χ1) is 11.8. The first-order valence-electron chi connectivity index (χ1n) is 8.37. The van der Waals surface area contributed by atoms with Gasteiger partial charge in [0.1, 0.15) is 28.2 Å². The molecule has 0 amide bonds. The fourth-order valence-corrected chi connectivity index (χ4v) is 4.94. The molecule has 2 saturated heterocycles. The van der Waals surface area contributed by atoms with Gasteiger partial charge in [0, 0.05) is 13.5 Å². The van der Waals surface area contributed by atoms with Crippen LogP contribution in [0.15, 0.2) is 30.3 Å². The van der Waals surface area contributed by atoms with E-state index in [1.165, 1.54) is 0 Å². The van der Waals surface area contributed by atoms with Crippen molar-refractivity contribution in [3.8, 4) is 0 Å². The maximum Gasteiger partial charge on any atom is 0.186 e. The molecular weight excluding hydrogens is 367 g/mol. The number of hydrogen-bond acceptors (Lipinski definition) is 5. The molecule has 5 atom stereocenters. The maximum absolute atomic E-state index is 6.53. The second-order valence-corrected chi connectivity index (χ2v) is 8.85. The third-order valence-corrected chi connectivity index (χ3v) is 5.74. The molecule has 0 N–H and O–H groups in total. The molecule has 5 nitrogen and oxygen atoms in total. The summed E-state index contributed by atoms with van der Waals surface area (Å²) in [5.74, 6) is -0.770. The van der Waals surface area contributed by atoms with E-state index in [4.69, 9.17) is 46.9 Å². The molecule has 1 aliphatic carbocycles. The number of hydrogen-bond donors (Lipinski definition) is 0. The lowest BCUT2D eigenvalue weighted by atomic mass is 9.89. The summed E-state index contributed by atoms with van der Waals surface area (Å²) in [5, 5.41) is 0. The molecule has 138 valence electrons. The van der Waals surface area contributed by atoms with Crippen molar-refractivity contribution in [2.45, 2.75) is 67.2 Å². The molecule has 4 rings (SSSR count). The lowest BCUT2D eigenvalue weighted by molar-refractivity contribution is -0.292. The number of rotatable bonds is 4. The van der Waals surface area contributed by atoms with Crippen molar-refractivity contribution >= 4 is 23.2 Å². The molecule has 7 heteroatoms. The largest absolute Gasteiger partial charge is 0.365 e. The molecule has 2 aliphatic heterocycles.